The zero-order valence-corrected chi connectivity index (χ0v) is 20.1. The number of hydrogen-bond acceptors (Lipinski definition) is 7. The summed E-state index contributed by atoms with van der Waals surface area (Å²) in [6.07, 6.45) is 1.18. The molecular formula is C22H17BrClNO6S. The largest absolute Gasteiger partial charge is 0.462 e. The molecule has 10 heteroatoms. The number of amides is 2. The van der Waals surface area contributed by atoms with Crippen molar-refractivity contribution in [3.63, 3.8) is 0 Å². The molecule has 0 atom stereocenters. The molecule has 3 rings (SSSR count). The summed E-state index contributed by atoms with van der Waals surface area (Å²) < 4.78 is 10.9. The van der Waals surface area contributed by atoms with Crippen LogP contribution in [-0.2, 0) is 14.3 Å². The molecule has 0 bridgehead atoms. The summed E-state index contributed by atoms with van der Waals surface area (Å²) in [6.45, 7) is 2.92. The summed E-state index contributed by atoms with van der Waals surface area (Å²) in [4.78, 5) is 49.8. The number of ether oxygens (including phenoxy) is 2. The molecule has 0 spiro atoms. The van der Waals surface area contributed by atoms with Gasteiger partial charge in [-0.15, -0.1) is 0 Å². The van der Waals surface area contributed by atoms with Crippen LogP contribution in [0.3, 0.4) is 0 Å². The van der Waals surface area contributed by atoms with E-state index >= 15 is 0 Å². The van der Waals surface area contributed by atoms with Gasteiger partial charge in [0.1, 0.15) is 12.3 Å². The average Bonchev–Trinajstić information content (AvgIpc) is 2.97. The highest BCUT2D eigenvalue weighted by molar-refractivity contribution is 9.10. The normalized spacial score (nSPS) is 14.9. The summed E-state index contributed by atoms with van der Waals surface area (Å²) in [5.41, 5.74) is 0.938. The van der Waals surface area contributed by atoms with Crippen LogP contribution in [0.25, 0.3) is 6.08 Å². The Morgan fingerprint density at radius 1 is 1.16 bits per heavy atom. The number of hydrogen-bond donors (Lipinski definition) is 0. The van der Waals surface area contributed by atoms with Crippen LogP contribution in [0.2, 0.25) is 5.02 Å². The number of imide groups is 1. The van der Waals surface area contributed by atoms with Crippen molar-refractivity contribution in [1.82, 2.24) is 4.90 Å². The Labute approximate surface area is 201 Å². The Balaban J connectivity index is 1.71. The van der Waals surface area contributed by atoms with Crippen molar-refractivity contribution in [2.45, 2.75) is 20.0 Å². The third kappa shape index (κ3) is 5.99. The molecule has 2 amide bonds. The molecule has 0 N–H and O–H groups in total. The molecule has 0 saturated carbocycles. The summed E-state index contributed by atoms with van der Waals surface area (Å²) >= 11 is 9.91. The van der Waals surface area contributed by atoms with E-state index in [4.69, 9.17) is 21.1 Å². The van der Waals surface area contributed by atoms with E-state index in [9.17, 15) is 19.2 Å². The second-order valence-corrected chi connectivity index (χ2v) is 9.18. The molecule has 1 heterocycles. The molecule has 7 nitrogen and oxygen atoms in total. The SMILES string of the molecule is CC(C)OC(=O)CN1C(=O)S/C(=C\c2ccc(OC(=O)c3ccc(Cl)cc3)c(Br)c2)C1=O. The molecule has 166 valence electrons. The lowest BCUT2D eigenvalue weighted by molar-refractivity contribution is -0.149. The molecule has 1 aliphatic rings. The van der Waals surface area contributed by atoms with Gasteiger partial charge in [0, 0.05) is 5.02 Å². The van der Waals surface area contributed by atoms with Crippen LogP contribution in [-0.4, -0.2) is 40.6 Å². The van der Waals surface area contributed by atoms with Crippen LogP contribution in [0, 0.1) is 0 Å². The minimum atomic E-state index is -0.654. The molecule has 0 aromatic heterocycles. The highest BCUT2D eigenvalue weighted by Crippen LogP contribution is 2.34. The van der Waals surface area contributed by atoms with Gasteiger partial charge in [-0.2, -0.15) is 0 Å². The molecule has 32 heavy (non-hydrogen) atoms. The van der Waals surface area contributed by atoms with Crippen LogP contribution in [0.15, 0.2) is 51.8 Å². The van der Waals surface area contributed by atoms with Gasteiger partial charge in [0.2, 0.25) is 0 Å². The molecular weight excluding hydrogens is 522 g/mol. The van der Waals surface area contributed by atoms with E-state index in [-0.39, 0.29) is 16.8 Å². The summed E-state index contributed by atoms with van der Waals surface area (Å²) in [5, 5.41) is -0.0390. The molecule has 1 fully saturated rings. The first kappa shape index (κ1) is 24.0. The second-order valence-electron chi connectivity index (χ2n) is 6.89. The second kappa shape index (κ2) is 10.3. The van der Waals surface area contributed by atoms with E-state index < -0.39 is 29.6 Å². The zero-order valence-electron chi connectivity index (χ0n) is 17.0. The smallest absolute Gasteiger partial charge is 0.343 e. The van der Waals surface area contributed by atoms with E-state index in [0.717, 1.165) is 16.7 Å². The van der Waals surface area contributed by atoms with Crippen LogP contribution < -0.4 is 4.74 Å². The lowest BCUT2D eigenvalue weighted by atomic mass is 10.2. The van der Waals surface area contributed by atoms with Crippen LogP contribution >= 0.6 is 39.3 Å². The number of halogens is 2. The quantitative estimate of drug-likeness (QED) is 0.280. The molecule has 0 aliphatic carbocycles. The fourth-order valence-electron chi connectivity index (χ4n) is 2.65. The molecule has 2 aromatic rings. The van der Waals surface area contributed by atoms with E-state index in [1.165, 1.54) is 6.08 Å². The van der Waals surface area contributed by atoms with Crippen molar-refractivity contribution in [3.8, 4) is 5.75 Å². The number of carbonyl (C=O) groups excluding carboxylic acids is 4. The zero-order chi connectivity index (χ0) is 23.4. The standard InChI is InChI=1S/C22H17BrClNO6S/c1-12(2)30-19(26)11-25-20(27)18(32-22(25)29)10-13-3-8-17(16(23)9-13)31-21(28)14-4-6-15(24)7-5-14/h3-10,12H,11H2,1-2H3/b18-10-. The highest BCUT2D eigenvalue weighted by atomic mass is 79.9. The molecule has 2 aromatic carbocycles. The average molecular weight is 539 g/mol. The van der Waals surface area contributed by atoms with Crippen molar-refractivity contribution in [3.05, 3.63) is 68.0 Å². The number of esters is 2. The molecule has 1 saturated heterocycles. The molecule has 0 unspecified atom stereocenters. The third-order valence-corrected chi connectivity index (χ3v) is 5.84. The Hall–Kier alpha value is -2.62. The van der Waals surface area contributed by atoms with Crippen molar-refractivity contribution in [2.75, 3.05) is 6.54 Å². The number of carbonyl (C=O) groups is 4. The lowest BCUT2D eigenvalue weighted by Gasteiger charge is -2.13. The third-order valence-electron chi connectivity index (χ3n) is 4.06. The maximum Gasteiger partial charge on any atom is 0.343 e. The number of nitrogens with zero attached hydrogens (tertiary/aromatic N) is 1. The maximum absolute atomic E-state index is 12.5. The first-order valence-electron chi connectivity index (χ1n) is 9.36. The monoisotopic (exact) mass is 537 g/mol. The van der Waals surface area contributed by atoms with E-state index in [1.54, 1.807) is 56.3 Å². The highest BCUT2D eigenvalue weighted by Gasteiger charge is 2.36. The van der Waals surface area contributed by atoms with E-state index in [2.05, 4.69) is 15.9 Å². The van der Waals surface area contributed by atoms with Gasteiger partial charge < -0.3 is 9.47 Å². The van der Waals surface area contributed by atoms with Crippen LogP contribution in [0.1, 0.15) is 29.8 Å². The van der Waals surface area contributed by atoms with Gasteiger partial charge >= 0.3 is 11.9 Å². The minimum absolute atomic E-state index is 0.171. The van der Waals surface area contributed by atoms with Crippen molar-refractivity contribution in [2.24, 2.45) is 0 Å². The van der Waals surface area contributed by atoms with Gasteiger partial charge in [-0.25, -0.2) is 4.79 Å². The lowest BCUT2D eigenvalue weighted by Crippen LogP contribution is -2.35. The van der Waals surface area contributed by atoms with Gasteiger partial charge in [-0.1, -0.05) is 17.7 Å². The first-order valence-corrected chi connectivity index (χ1v) is 11.3. The minimum Gasteiger partial charge on any atom is -0.462 e. The summed E-state index contributed by atoms with van der Waals surface area (Å²) in [7, 11) is 0. The summed E-state index contributed by atoms with van der Waals surface area (Å²) in [6, 6.07) is 11.1. The van der Waals surface area contributed by atoms with Gasteiger partial charge in [-0.3, -0.25) is 19.3 Å². The fraction of sp³-hybridized carbons (Fsp3) is 0.182. The van der Waals surface area contributed by atoms with Gasteiger partial charge in [0.25, 0.3) is 11.1 Å². The fourth-order valence-corrected chi connectivity index (χ4v) is 4.09. The van der Waals surface area contributed by atoms with Crippen molar-refractivity contribution >= 4 is 68.5 Å². The van der Waals surface area contributed by atoms with Gasteiger partial charge in [0.15, 0.2) is 0 Å². The van der Waals surface area contributed by atoms with Gasteiger partial charge in [0.05, 0.1) is 21.0 Å². The number of benzene rings is 2. The number of rotatable bonds is 6. The molecule has 1 aliphatic heterocycles. The Morgan fingerprint density at radius 3 is 2.47 bits per heavy atom. The van der Waals surface area contributed by atoms with Crippen LogP contribution in [0.4, 0.5) is 4.79 Å². The Bertz CT molecular complexity index is 1120. The van der Waals surface area contributed by atoms with E-state index in [1.807, 2.05) is 0 Å². The Morgan fingerprint density at radius 2 is 1.84 bits per heavy atom. The predicted molar refractivity (Wildman–Crippen MR) is 124 cm³/mol. The van der Waals surface area contributed by atoms with Crippen molar-refractivity contribution in [1.29, 1.82) is 0 Å². The van der Waals surface area contributed by atoms with Crippen LogP contribution in [0.5, 0.6) is 5.75 Å². The van der Waals surface area contributed by atoms with E-state index in [0.29, 0.717) is 20.6 Å². The first-order chi connectivity index (χ1) is 15.1. The van der Waals surface area contributed by atoms with Gasteiger partial charge in [-0.05, 0) is 89.6 Å². The maximum atomic E-state index is 12.5. The predicted octanol–water partition coefficient (Wildman–Crippen LogP) is 5.31. The topological polar surface area (TPSA) is 90.0 Å². The summed E-state index contributed by atoms with van der Waals surface area (Å²) in [5.74, 6) is -1.50. The number of thioether (sulfide) groups is 1. The van der Waals surface area contributed by atoms with Crippen molar-refractivity contribution < 1.29 is 28.7 Å². The Kier molecular flexibility index (Phi) is 7.76. The molecule has 0 radical (unpaired) electrons.